The summed E-state index contributed by atoms with van der Waals surface area (Å²) < 4.78 is 0. The molecule has 96 valence electrons. The van der Waals surface area contributed by atoms with Gasteiger partial charge >= 0.3 is 5.97 Å². The minimum atomic E-state index is -0.687. The van der Waals surface area contributed by atoms with E-state index in [0.717, 1.165) is 24.8 Å². The van der Waals surface area contributed by atoms with Crippen molar-refractivity contribution in [3.63, 3.8) is 0 Å². The van der Waals surface area contributed by atoms with Crippen LogP contribution in [0.1, 0.15) is 30.7 Å². The summed E-state index contributed by atoms with van der Waals surface area (Å²) in [5.41, 5.74) is 1.10. The van der Waals surface area contributed by atoms with Crippen molar-refractivity contribution in [1.82, 2.24) is 5.32 Å². The lowest BCUT2D eigenvalue weighted by Crippen LogP contribution is -2.47. The first-order valence-corrected chi connectivity index (χ1v) is 6.77. The normalized spacial score (nSPS) is 34.5. The molecule has 0 saturated carbocycles. The maximum absolute atomic E-state index is 11.5. The Bertz CT molecular complexity index is 459. The number of aliphatic carboxylic acids is 1. The molecule has 2 N–H and O–H groups in total. The number of piperidine rings is 1. The molecule has 2 saturated heterocycles. The topological polar surface area (TPSA) is 49.3 Å². The fourth-order valence-electron chi connectivity index (χ4n) is 3.45. The van der Waals surface area contributed by atoms with E-state index in [4.69, 9.17) is 11.6 Å². The lowest BCUT2D eigenvalue weighted by molar-refractivity contribution is -0.144. The summed E-state index contributed by atoms with van der Waals surface area (Å²) in [5.74, 6) is -0.892. The molecule has 0 radical (unpaired) electrons. The summed E-state index contributed by atoms with van der Waals surface area (Å²) in [4.78, 5) is 11.5. The maximum Gasteiger partial charge on any atom is 0.308 e. The van der Waals surface area contributed by atoms with Gasteiger partial charge in [-0.15, -0.1) is 0 Å². The van der Waals surface area contributed by atoms with Crippen LogP contribution in [0.2, 0.25) is 5.02 Å². The molecule has 1 aromatic rings. The Kier molecular flexibility index (Phi) is 3.04. The third-order valence-electron chi connectivity index (χ3n) is 4.26. The molecule has 2 heterocycles. The fraction of sp³-hybridized carbons (Fsp3) is 0.500. The number of rotatable bonds is 2. The van der Waals surface area contributed by atoms with Crippen LogP contribution in [-0.2, 0) is 4.79 Å². The van der Waals surface area contributed by atoms with Gasteiger partial charge < -0.3 is 10.4 Å². The molecule has 4 heteroatoms. The number of carboxylic acids is 1. The Morgan fingerprint density at radius 2 is 2.00 bits per heavy atom. The molecule has 0 spiro atoms. The Morgan fingerprint density at radius 1 is 1.28 bits per heavy atom. The van der Waals surface area contributed by atoms with Gasteiger partial charge in [-0.05, 0) is 37.0 Å². The Labute approximate surface area is 111 Å². The number of hydrogen-bond acceptors (Lipinski definition) is 2. The highest BCUT2D eigenvalue weighted by atomic mass is 35.5. The van der Waals surface area contributed by atoms with Crippen molar-refractivity contribution in [3.8, 4) is 0 Å². The van der Waals surface area contributed by atoms with Gasteiger partial charge in [0.05, 0.1) is 5.92 Å². The van der Waals surface area contributed by atoms with Gasteiger partial charge in [0.25, 0.3) is 0 Å². The zero-order chi connectivity index (χ0) is 12.7. The standard InChI is InChI=1S/C14H16ClNO2/c15-9-3-1-8(2-4-9)11-7-10-5-6-12(16-10)13(11)14(17)18/h1-4,10-13,16H,5-7H2,(H,17,18)/t10-,11-,12-,13?/m1/s1. The lowest BCUT2D eigenvalue weighted by Gasteiger charge is -2.35. The fourth-order valence-corrected chi connectivity index (χ4v) is 3.58. The number of benzene rings is 1. The second-order valence-electron chi connectivity index (χ2n) is 5.31. The van der Waals surface area contributed by atoms with Gasteiger partial charge in [-0.3, -0.25) is 4.79 Å². The number of nitrogens with one attached hydrogen (secondary N) is 1. The largest absolute Gasteiger partial charge is 0.481 e. The molecule has 0 aromatic heterocycles. The summed E-state index contributed by atoms with van der Waals surface area (Å²) in [6, 6.07) is 8.23. The summed E-state index contributed by atoms with van der Waals surface area (Å²) >= 11 is 5.89. The molecule has 2 aliphatic heterocycles. The lowest BCUT2D eigenvalue weighted by atomic mass is 9.77. The number of fused-ring (bicyclic) bond motifs is 2. The second-order valence-corrected chi connectivity index (χ2v) is 5.74. The SMILES string of the molecule is O=C(O)C1[C@@H](c2ccc(Cl)cc2)C[C@H]2CC[C@H]1N2. The smallest absolute Gasteiger partial charge is 0.308 e. The quantitative estimate of drug-likeness (QED) is 0.864. The minimum absolute atomic E-state index is 0.110. The van der Waals surface area contributed by atoms with Gasteiger partial charge in [0.1, 0.15) is 0 Å². The van der Waals surface area contributed by atoms with E-state index in [2.05, 4.69) is 5.32 Å². The molecule has 4 atom stereocenters. The monoisotopic (exact) mass is 265 g/mol. The van der Waals surface area contributed by atoms with Crippen molar-refractivity contribution in [1.29, 1.82) is 0 Å². The Balaban J connectivity index is 1.93. The maximum atomic E-state index is 11.5. The van der Waals surface area contributed by atoms with Crippen LogP contribution in [0.3, 0.4) is 0 Å². The van der Waals surface area contributed by atoms with Crippen LogP contribution >= 0.6 is 11.6 Å². The van der Waals surface area contributed by atoms with Crippen LogP contribution in [0, 0.1) is 5.92 Å². The van der Waals surface area contributed by atoms with Crippen molar-refractivity contribution in [2.45, 2.75) is 37.3 Å². The third-order valence-corrected chi connectivity index (χ3v) is 4.52. The van der Waals surface area contributed by atoms with E-state index in [-0.39, 0.29) is 17.9 Å². The van der Waals surface area contributed by atoms with E-state index in [1.54, 1.807) is 0 Å². The van der Waals surface area contributed by atoms with Crippen LogP contribution in [0.25, 0.3) is 0 Å². The highest BCUT2D eigenvalue weighted by molar-refractivity contribution is 6.30. The van der Waals surface area contributed by atoms with Crippen LogP contribution < -0.4 is 5.32 Å². The van der Waals surface area contributed by atoms with E-state index < -0.39 is 5.97 Å². The van der Waals surface area contributed by atoms with Crippen molar-refractivity contribution in [2.75, 3.05) is 0 Å². The average molecular weight is 266 g/mol. The predicted molar refractivity (Wildman–Crippen MR) is 69.9 cm³/mol. The van der Waals surface area contributed by atoms with Crippen LogP contribution in [0.15, 0.2) is 24.3 Å². The molecule has 0 aliphatic carbocycles. The third kappa shape index (κ3) is 2.02. The molecular weight excluding hydrogens is 250 g/mol. The minimum Gasteiger partial charge on any atom is -0.481 e. The number of carboxylic acid groups (broad SMARTS) is 1. The van der Waals surface area contributed by atoms with Crippen molar-refractivity contribution in [3.05, 3.63) is 34.9 Å². The molecule has 2 bridgehead atoms. The van der Waals surface area contributed by atoms with Crippen LogP contribution in [0.4, 0.5) is 0 Å². The van der Waals surface area contributed by atoms with Gasteiger partial charge in [0.2, 0.25) is 0 Å². The molecular formula is C14H16ClNO2. The summed E-state index contributed by atoms with van der Waals surface area (Å²) in [7, 11) is 0. The highest BCUT2D eigenvalue weighted by Crippen LogP contribution is 2.41. The van der Waals surface area contributed by atoms with Gasteiger partial charge in [-0.25, -0.2) is 0 Å². The summed E-state index contributed by atoms with van der Waals surface area (Å²) in [5, 5.41) is 13.6. The van der Waals surface area contributed by atoms with Crippen LogP contribution in [-0.4, -0.2) is 23.2 Å². The number of halogens is 1. The van der Waals surface area contributed by atoms with E-state index in [1.807, 2.05) is 24.3 Å². The first-order chi connectivity index (χ1) is 8.65. The molecule has 0 amide bonds. The number of carbonyl (C=O) groups is 1. The summed E-state index contributed by atoms with van der Waals surface area (Å²) in [6.45, 7) is 0. The van der Waals surface area contributed by atoms with Gasteiger partial charge in [0.15, 0.2) is 0 Å². The zero-order valence-electron chi connectivity index (χ0n) is 9.97. The van der Waals surface area contributed by atoms with Crippen molar-refractivity contribution in [2.24, 2.45) is 5.92 Å². The first kappa shape index (κ1) is 12.0. The van der Waals surface area contributed by atoms with E-state index in [9.17, 15) is 9.90 Å². The predicted octanol–water partition coefficient (Wildman–Crippen LogP) is 2.65. The molecule has 2 aliphatic rings. The molecule has 1 aromatic carbocycles. The van der Waals surface area contributed by atoms with E-state index >= 15 is 0 Å². The molecule has 1 unspecified atom stereocenters. The second kappa shape index (κ2) is 4.56. The van der Waals surface area contributed by atoms with Gasteiger partial charge in [-0.1, -0.05) is 23.7 Å². The average Bonchev–Trinajstić information content (AvgIpc) is 2.71. The highest BCUT2D eigenvalue weighted by Gasteiger charge is 2.45. The van der Waals surface area contributed by atoms with Gasteiger partial charge in [0, 0.05) is 23.0 Å². The van der Waals surface area contributed by atoms with Gasteiger partial charge in [-0.2, -0.15) is 0 Å². The number of hydrogen-bond donors (Lipinski definition) is 2. The zero-order valence-corrected chi connectivity index (χ0v) is 10.7. The summed E-state index contributed by atoms with van der Waals surface area (Å²) in [6.07, 6.45) is 2.99. The van der Waals surface area contributed by atoms with Crippen molar-refractivity contribution < 1.29 is 9.90 Å². The molecule has 3 nitrogen and oxygen atoms in total. The molecule has 3 rings (SSSR count). The van der Waals surface area contributed by atoms with Crippen molar-refractivity contribution >= 4 is 17.6 Å². The molecule has 2 fully saturated rings. The van der Waals surface area contributed by atoms with E-state index in [1.165, 1.54) is 0 Å². The van der Waals surface area contributed by atoms with Crippen LogP contribution in [0.5, 0.6) is 0 Å². The Hall–Kier alpha value is -1.06. The Morgan fingerprint density at radius 3 is 2.67 bits per heavy atom. The van der Waals surface area contributed by atoms with E-state index in [0.29, 0.717) is 11.1 Å². The first-order valence-electron chi connectivity index (χ1n) is 6.39. The molecule has 18 heavy (non-hydrogen) atoms.